The van der Waals surface area contributed by atoms with Gasteiger partial charge in [0.2, 0.25) is 0 Å². The fraction of sp³-hybridized carbons (Fsp3) is 0.619. The minimum Gasteiger partial charge on any atom is -0.456 e. The lowest BCUT2D eigenvalue weighted by molar-refractivity contribution is -0.198. The number of hydrogen-bond donors (Lipinski definition) is 0. The minimum absolute atomic E-state index is 0.122. The summed E-state index contributed by atoms with van der Waals surface area (Å²) in [4.78, 5) is 26.9. The Hall–Kier alpha value is -1.06. The van der Waals surface area contributed by atoms with Crippen molar-refractivity contribution in [3.8, 4) is 0 Å². The molecule has 3 aliphatic rings. The molecule has 0 aromatic heterocycles. The number of esters is 1. The number of ether oxygens (including phenoxy) is 1. The van der Waals surface area contributed by atoms with Crippen molar-refractivity contribution >= 4 is 35.0 Å². The van der Waals surface area contributed by atoms with Gasteiger partial charge >= 0.3 is 5.97 Å². The lowest BCUT2D eigenvalue weighted by Crippen LogP contribution is -2.58. The van der Waals surface area contributed by atoms with Crippen molar-refractivity contribution in [1.29, 1.82) is 0 Å². The molecule has 1 aromatic carbocycles. The van der Waals surface area contributed by atoms with Gasteiger partial charge in [-0.15, -0.1) is 0 Å². The molecule has 26 heavy (non-hydrogen) atoms. The van der Waals surface area contributed by atoms with Gasteiger partial charge in [0.1, 0.15) is 11.5 Å². The third kappa shape index (κ3) is 2.70. The zero-order chi connectivity index (χ0) is 18.4. The fourth-order valence-corrected chi connectivity index (χ4v) is 5.86. The Morgan fingerprint density at radius 2 is 1.50 bits per heavy atom. The maximum Gasteiger partial charge on any atom is 0.320 e. The largest absolute Gasteiger partial charge is 0.456 e. The Kier molecular flexibility index (Phi) is 4.81. The molecule has 1 saturated heterocycles. The van der Waals surface area contributed by atoms with Gasteiger partial charge in [-0.05, 0) is 37.8 Å². The van der Waals surface area contributed by atoms with Crippen LogP contribution in [0.2, 0.25) is 10.0 Å². The van der Waals surface area contributed by atoms with E-state index < -0.39 is 16.9 Å². The van der Waals surface area contributed by atoms with Gasteiger partial charge in [0.05, 0.1) is 5.41 Å². The zero-order valence-corrected chi connectivity index (χ0v) is 16.4. The molecule has 0 radical (unpaired) electrons. The molecule has 1 atom stereocenters. The van der Waals surface area contributed by atoms with Crippen molar-refractivity contribution in [2.45, 2.75) is 70.3 Å². The molecule has 140 valence electrons. The Morgan fingerprint density at radius 3 is 2.12 bits per heavy atom. The molecular weight excluding hydrogens is 371 g/mol. The average molecular weight is 395 g/mol. The van der Waals surface area contributed by atoms with E-state index in [1.54, 1.807) is 12.1 Å². The molecule has 0 amide bonds. The molecule has 1 aromatic rings. The number of ketones is 1. The predicted octanol–water partition coefficient (Wildman–Crippen LogP) is 6.06. The second kappa shape index (κ2) is 6.83. The van der Waals surface area contributed by atoms with Crippen LogP contribution in [-0.4, -0.2) is 11.8 Å². The normalized spacial score (nSPS) is 27.5. The summed E-state index contributed by atoms with van der Waals surface area (Å²) in [5, 5.41) is 1.00. The lowest BCUT2D eigenvalue weighted by Gasteiger charge is -2.52. The van der Waals surface area contributed by atoms with Crippen LogP contribution in [0, 0.1) is 10.8 Å². The maximum atomic E-state index is 13.9. The van der Waals surface area contributed by atoms with Gasteiger partial charge in [0, 0.05) is 15.6 Å². The second-order valence-electron chi connectivity index (χ2n) is 8.14. The Morgan fingerprint density at radius 1 is 0.885 bits per heavy atom. The first kappa shape index (κ1) is 18.3. The number of hydrogen-bond acceptors (Lipinski definition) is 3. The van der Waals surface area contributed by atoms with Gasteiger partial charge < -0.3 is 4.74 Å². The first-order valence-corrected chi connectivity index (χ1v) is 10.5. The average Bonchev–Trinajstić information content (AvgIpc) is 2.66. The molecule has 1 aliphatic heterocycles. The van der Waals surface area contributed by atoms with Crippen LogP contribution in [-0.2, 0) is 14.3 Å². The molecule has 5 heteroatoms. The van der Waals surface area contributed by atoms with E-state index in [2.05, 4.69) is 0 Å². The summed E-state index contributed by atoms with van der Waals surface area (Å²) in [6, 6.07) is 5.23. The molecule has 3 nitrogen and oxygen atoms in total. The topological polar surface area (TPSA) is 43.4 Å². The van der Waals surface area contributed by atoms with Crippen LogP contribution in [0.4, 0.5) is 0 Å². The van der Waals surface area contributed by atoms with Gasteiger partial charge in [-0.1, -0.05) is 67.8 Å². The molecule has 2 spiro atoms. The van der Waals surface area contributed by atoms with Crippen LogP contribution in [0.25, 0.3) is 0 Å². The number of rotatable bonds is 1. The number of cyclic esters (lactones) is 1. The summed E-state index contributed by atoms with van der Waals surface area (Å²) in [6.07, 6.45) is 8.23. The van der Waals surface area contributed by atoms with Crippen molar-refractivity contribution < 1.29 is 14.3 Å². The van der Waals surface area contributed by atoms with Crippen LogP contribution >= 0.6 is 23.2 Å². The molecule has 3 fully saturated rings. The van der Waals surface area contributed by atoms with E-state index in [1.807, 2.05) is 6.07 Å². The highest BCUT2D eigenvalue weighted by Gasteiger charge is 2.63. The highest BCUT2D eigenvalue weighted by Crippen LogP contribution is 2.59. The van der Waals surface area contributed by atoms with Crippen LogP contribution in [0.5, 0.6) is 0 Å². The summed E-state index contributed by atoms with van der Waals surface area (Å²) in [5.41, 5.74) is -0.850. The van der Waals surface area contributed by atoms with Crippen molar-refractivity contribution in [2.75, 3.05) is 0 Å². The van der Waals surface area contributed by atoms with Gasteiger partial charge in [-0.25, -0.2) is 0 Å². The van der Waals surface area contributed by atoms with E-state index in [9.17, 15) is 9.59 Å². The Labute approximate surface area is 164 Å². The molecule has 4 rings (SSSR count). The second-order valence-corrected chi connectivity index (χ2v) is 8.98. The number of carbonyl (C=O) groups excluding carboxylic acids is 2. The zero-order valence-electron chi connectivity index (χ0n) is 14.9. The Balaban J connectivity index is 1.81. The van der Waals surface area contributed by atoms with Crippen LogP contribution in [0.3, 0.4) is 0 Å². The summed E-state index contributed by atoms with van der Waals surface area (Å²) in [7, 11) is 0. The predicted molar refractivity (Wildman–Crippen MR) is 101 cm³/mol. The van der Waals surface area contributed by atoms with E-state index in [0.29, 0.717) is 28.5 Å². The molecule has 1 heterocycles. The summed E-state index contributed by atoms with van der Waals surface area (Å²) in [6.45, 7) is 0. The van der Waals surface area contributed by atoms with Gasteiger partial charge in [-0.2, -0.15) is 0 Å². The number of carbonyl (C=O) groups is 2. The van der Waals surface area contributed by atoms with Crippen LogP contribution in [0.1, 0.15) is 75.9 Å². The van der Waals surface area contributed by atoms with Gasteiger partial charge in [0.25, 0.3) is 0 Å². The summed E-state index contributed by atoms with van der Waals surface area (Å²) >= 11 is 12.5. The Bertz CT molecular complexity index is 731. The molecule has 2 saturated carbocycles. The third-order valence-corrected chi connectivity index (χ3v) is 7.26. The van der Waals surface area contributed by atoms with E-state index in [4.69, 9.17) is 27.9 Å². The van der Waals surface area contributed by atoms with E-state index >= 15 is 0 Å². The SMILES string of the molecule is O=C1OC(c2ccc(Cl)cc2Cl)C2(CCCCC2)C(=O)C12CCCCC2. The van der Waals surface area contributed by atoms with Crippen molar-refractivity contribution in [1.82, 2.24) is 0 Å². The molecule has 0 N–H and O–H groups in total. The first-order valence-electron chi connectivity index (χ1n) is 9.71. The summed E-state index contributed by atoms with van der Waals surface area (Å²) < 4.78 is 6.06. The number of halogens is 2. The number of benzene rings is 1. The quantitative estimate of drug-likeness (QED) is 0.429. The van der Waals surface area contributed by atoms with Crippen molar-refractivity contribution in [3.63, 3.8) is 0 Å². The third-order valence-electron chi connectivity index (χ3n) is 6.70. The van der Waals surface area contributed by atoms with Crippen LogP contribution in [0.15, 0.2) is 18.2 Å². The van der Waals surface area contributed by atoms with E-state index in [1.165, 1.54) is 0 Å². The lowest BCUT2D eigenvalue weighted by atomic mass is 9.55. The van der Waals surface area contributed by atoms with E-state index in [-0.39, 0.29) is 11.8 Å². The molecular formula is C21H24Cl2O3. The van der Waals surface area contributed by atoms with Gasteiger partial charge in [0.15, 0.2) is 5.78 Å². The molecule has 0 bridgehead atoms. The first-order chi connectivity index (χ1) is 12.5. The molecule has 2 aliphatic carbocycles. The van der Waals surface area contributed by atoms with Crippen molar-refractivity contribution in [3.05, 3.63) is 33.8 Å². The van der Waals surface area contributed by atoms with Crippen LogP contribution < -0.4 is 0 Å². The number of Topliss-reactive ketones (excluding diaryl/α,β-unsaturated/α-hetero) is 1. The monoisotopic (exact) mass is 394 g/mol. The fourth-order valence-electron chi connectivity index (χ4n) is 5.35. The van der Waals surface area contributed by atoms with Gasteiger partial charge in [-0.3, -0.25) is 9.59 Å². The highest BCUT2D eigenvalue weighted by atomic mass is 35.5. The molecule has 1 unspecified atom stereocenters. The standard InChI is InChI=1S/C21H24Cl2O3/c22-14-7-8-15(16(23)13-14)17-20(9-3-1-4-10-20)18(24)21(19(25)26-17)11-5-2-6-12-21/h7-8,13,17H,1-6,9-12H2. The minimum atomic E-state index is -0.926. The van der Waals surface area contributed by atoms with Crippen molar-refractivity contribution in [2.24, 2.45) is 10.8 Å². The van der Waals surface area contributed by atoms with E-state index in [0.717, 1.165) is 51.4 Å². The summed E-state index contributed by atoms with van der Waals surface area (Å²) in [5.74, 6) is -0.217. The smallest absolute Gasteiger partial charge is 0.320 e. The maximum absolute atomic E-state index is 13.9. The highest BCUT2D eigenvalue weighted by molar-refractivity contribution is 6.35.